The van der Waals surface area contributed by atoms with Crippen molar-refractivity contribution in [2.24, 2.45) is 35.5 Å². The lowest BCUT2D eigenvalue weighted by Crippen LogP contribution is -2.25. The quantitative estimate of drug-likeness (QED) is 0.299. The number of nitrogens with zero attached hydrogens (tertiary/aromatic N) is 1. The largest absolute Gasteiger partial charge is 0.236 e. The summed E-state index contributed by atoms with van der Waals surface area (Å²) in [5.41, 5.74) is 5.85. The van der Waals surface area contributed by atoms with Crippen LogP contribution < -0.4 is 0 Å². The Hall–Kier alpha value is -1.67. The molecule has 1 aromatic heterocycles. The van der Waals surface area contributed by atoms with Gasteiger partial charge < -0.3 is 0 Å². The molecule has 7 rings (SSSR count). The van der Waals surface area contributed by atoms with Crippen molar-refractivity contribution >= 4 is 21.6 Å². The van der Waals surface area contributed by atoms with E-state index in [0.717, 1.165) is 41.4 Å². The molecular weight excluding hydrogens is 515 g/mol. The van der Waals surface area contributed by atoms with Crippen LogP contribution in [0.1, 0.15) is 140 Å². The lowest BCUT2D eigenvalue weighted by molar-refractivity contribution is 0.165. The second-order valence-electron chi connectivity index (χ2n) is 15.1. The van der Waals surface area contributed by atoms with Gasteiger partial charge in [-0.3, -0.25) is 0 Å². The van der Waals surface area contributed by atoms with Gasteiger partial charge in [-0.2, -0.15) is 0 Å². The van der Waals surface area contributed by atoms with E-state index in [4.69, 9.17) is 4.98 Å². The Labute approximate surface area is 253 Å². The van der Waals surface area contributed by atoms with Crippen LogP contribution in [0, 0.1) is 35.5 Å². The number of rotatable bonds is 5. The zero-order valence-electron chi connectivity index (χ0n) is 25.8. The molecule has 2 aromatic carbocycles. The van der Waals surface area contributed by atoms with Gasteiger partial charge in [0.15, 0.2) is 0 Å². The molecule has 3 aromatic rings. The molecule has 1 heterocycles. The Kier molecular flexibility index (Phi) is 8.58. The highest BCUT2D eigenvalue weighted by molar-refractivity contribution is 7.21. The molecule has 0 atom stereocenters. The summed E-state index contributed by atoms with van der Waals surface area (Å²) in [6.07, 6.45) is 23.1. The van der Waals surface area contributed by atoms with Crippen LogP contribution >= 0.6 is 11.3 Å². The van der Waals surface area contributed by atoms with Crippen molar-refractivity contribution in [1.29, 1.82) is 0 Å². The van der Waals surface area contributed by atoms with E-state index in [2.05, 4.69) is 56.3 Å². The predicted molar refractivity (Wildman–Crippen MR) is 177 cm³/mol. The maximum atomic E-state index is 5.44. The minimum Gasteiger partial charge on any atom is -0.236 e. The van der Waals surface area contributed by atoms with Crippen molar-refractivity contribution in [1.82, 2.24) is 4.98 Å². The molecule has 1 nitrogen and oxygen atoms in total. The Morgan fingerprint density at radius 1 is 0.512 bits per heavy atom. The van der Waals surface area contributed by atoms with Crippen LogP contribution in [-0.4, -0.2) is 4.98 Å². The van der Waals surface area contributed by atoms with Crippen LogP contribution in [-0.2, 0) is 0 Å². The van der Waals surface area contributed by atoms with Gasteiger partial charge in [0.05, 0.1) is 10.2 Å². The number of thiazole rings is 1. The van der Waals surface area contributed by atoms with Crippen LogP contribution in [0.3, 0.4) is 0 Å². The van der Waals surface area contributed by atoms with Gasteiger partial charge in [-0.15, -0.1) is 11.3 Å². The number of fused-ring (bicyclic) bond motifs is 1. The molecule has 4 aliphatic carbocycles. The molecule has 0 aliphatic heterocycles. The SMILES string of the molecule is CC1CCC(C2CCC(c3ccc(C4CCC(C5CCC(C)CC5)CC4)c4sc(-c5ccccc5)nc34)CC2)CC1. The molecule has 0 N–H and O–H groups in total. The lowest BCUT2D eigenvalue weighted by Gasteiger charge is -2.38. The molecule has 220 valence electrons. The van der Waals surface area contributed by atoms with Crippen molar-refractivity contribution in [2.45, 2.75) is 128 Å². The van der Waals surface area contributed by atoms with Crippen molar-refractivity contribution < 1.29 is 0 Å². The van der Waals surface area contributed by atoms with Crippen molar-refractivity contribution in [2.75, 3.05) is 0 Å². The minimum absolute atomic E-state index is 0.695. The Morgan fingerprint density at radius 2 is 0.951 bits per heavy atom. The zero-order valence-corrected chi connectivity index (χ0v) is 26.6. The molecule has 2 heteroatoms. The summed E-state index contributed by atoms with van der Waals surface area (Å²) < 4.78 is 1.53. The average molecular weight is 568 g/mol. The van der Waals surface area contributed by atoms with Crippen LogP contribution in [0.25, 0.3) is 20.8 Å². The predicted octanol–water partition coefficient (Wildman–Crippen LogP) is 12.2. The molecular formula is C39H53NS. The van der Waals surface area contributed by atoms with Crippen LogP contribution in [0.4, 0.5) is 0 Å². The molecule has 0 unspecified atom stereocenters. The van der Waals surface area contributed by atoms with Gasteiger partial charge >= 0.3 is 0 Å². The Balaban J connectivity index is 1.11. The van der Waals surface area contributed by atoms with E-state index >= 15 is 0 Å². The smallest absolute Gasteiger partial charge is 0.124 e. The molecule has 0 radical (unpaired) electrons. The number of benzene rings is 2. The molecule has 4 fully saturated rings. The summed E-state index contributed by atoms with van der Waals surface area (Å²) in [5, 5.41) is 1.23. The summed E-state index contributed by atoms with van der Waals surface area (Å²) in [4.78, 5) is 5.44. The van der Waals surface area contributed by atoms with Gasteiger partial charge in [0.25, 0.3) is 0 Å². The van der Waals surface area contributed by atoms with Crippen molar-refractivity contribution in [3.8, 4) is 10.6 Å². The number of hydrogen-bond acceptors (Lipinski definition) is 2. The van der Waals surface area contributed by atoms with Crippen LogP contribution in [0.15, 0.2) is 42.5 Å². The Morgan fingerprint density at radius 3 is 1.46 bits per heavy atom. The first-order valence-electron chi connectivity index (χ1n) is 17.6. The highest BCUT2D eigenvalue weighted by atomic mass is 32.1. The molecule has 0 amide bonds. The summed E-state index contributed by atoms with van der Waals surface area (Å²) in [6.45, 7) is 4.92. The maximum Gasteiger partial charge on any atom is 0.124 e. The van der Waals surface area contributed by atoms with E-state index in [1.165, 1.54) is 124 Å². The normalized spacial score (nSPS) is 35.0. The standard InChI is InChI=1S/C39H53NS/c1-26-8-12-28(13-9-26)30-16-20-32(21-17-30)35-24-25-36(38-37(35)40-39(41-38)34-6-4-3-5-7-34)33-22-18-31(19-23-33)29-14-10-27(2)11-15-29/h3-7,24-33H,8-23H2,1-2H3. The molecule has 4 saturated carbocycles. The lowest BCUT2D eigenvalue weighted by atomic mass is 9.68. The first kappa shape index (κ1) is 28.1. The van der Waals surface area contributed by atoms with Gasteiger partial charge in [0.2, 0.25) is 0 Å². The second kappa shape index (κ2) is 12.5. The highest BCUT2D eigenvalue weighted by Gasteiger charge is 2.34. The molecule has 41 heavy (non-hydrogen) atoms. The first-order chi connectivity index (χ1) is 20.1. The molecule has 0 saturated heterocycles. The topological polar surface area (TPSA) is 12.9 Å². The maximum absolute atomic E-state index is 5.44. The average Bonchev–Trinajstić information content (AvgIpc) is 3.48. The monoisotopic (exact) mass is 567 g/mol. The third kappa shape index (κ3) is 6.07. The number of hydrogen-bond donors (Lipinski definition) is 0. The Bertz CT molecular complexity index is 1180. The van der Waals surface area contributed by atoms with E-state index in [1.54, 1.807) is 11.1 Å². The first-order valence-corrected chi connectivity index (χ1v) is 18.4. The fourth-order valence-electron chi connectivity index (χ4n) is 9.72. The van der Waals surface area contributed by atoms with Crippen molar-refractivity contribution in [3.05, 3.63) is 53.6 Å². The van der Waals surface area contributed by atoms with Gasteiger partial charge in [0, 0.05) is 5.56 Å². The fraction of sp³-hybridized carbons (Fsp3) is 0.667. The van der Waals surface area contributed by atoms with Gasteiger partial charge in [-0.1, -0.05) is 82.0 Å². The zero-order chi connectivity index (χ0) is 27.8. The van der Waals surface area contributed by atoms with E-state index in [-0.39, 0.29) is 0 Å². The summed E-state index contributed by atoms with van der Waals surface area (Å²) in [6, 6.07) is 16.1. The fourth-order valence-corrected chi connectivity index (χ4v) is 10.9. The van der Waals surface area contributed by atoms with E-state index in [9.17, 15) is 0 Å². The second-order valence-corrected chi connectivity index (χ2v) is 16.1. The van der Waals surface area contributed by atoms with Gasteiger partial charge in [-0.25, -0.2) is 4.98 Å². The summed E-state index contributed by atoms with van der Waals surface area (Å²) in [5.74, 6) is 7.32. The summed E-state index contributed by atoms with van der Waals surface area (Å²) in [7, 11) is 0. The van der Waals surface area contributed by atoms with Crippen molar-refractivity contribution in [3.63, 3.8) is 0 Å². The van der Waals surface area contributed by atoms with Gasteiger partial charge in [0.1, 0.15) is 5.01 Å². The highest BCUT2D eigenvalue weighted by Crippen LogP contribution is 2.49. The third-order valence-corrected chi connectivity index (χ3v) is 13.7. The molecule has 4 aliphatic rings. The minimum atomic E-state index is 0.695. The number of aromatic nitrogens is 1. The van der Waals surface area contributed by atoms with E-state index in [1.807, 2.05) is 11.3 Å². The van der Waals surface area contributed by atoms with E-state index < -0.39 is 0 Å². The third-order valence-electron chi connectivity index (χ3n) is 12.5. The van der Waals surface area contributed by atoms with E-state index in [0.29, 0.717) is 5.92 Å². The van der Waals surface area contributed by atoms with Crippen LogP contribution in [0.2, 0.25) is 0 Å². The molecule has 0 spiro atoms. The van der Waals surface area contributed by atoms with Gasteiger partial charge in [-0.05, 0) is 136 Å². The molecule has 0 bridgehead atoms. The summed E-state index contributed by atoms with van der Waals surface area (Å²) >= 11 is 1.99. The van der Waals surface area contributed by atoms with Crippen LogP contribution in [0.5, 0.6) is 0 Å².